The van der Waals surface area contributed by atoms with E-state index in [1.54, 1.807) is 0 Å². The summed E-state index contributed by atoms with van der Waals surface area (Å²) in [6.07, 6.45) is 1.02. The van der Waals surface area contributed by atoms with Crippen LogP contribution in [0.25, 0.3) is 0 Å². The number of benzene rings is 1. The first-order chi connectivity index (χ1) is 7.72. The first-order valence-electron chi connectivity index (χ1n) is 5.95. The van der Waals surface area contributed by atoms with Crippen LogP contribution in [-0.4, -0.2) is 18.3 Å². The van der Waals surface area contributed by atoms with Crippen LogP contribution in [0.1, 0.15) is 25.8 Å². The van der Waals surface area contributed by atoms with E-state index in [9.17, 15) is 0 Å². The number of aliphatic hydroxyl groups excluding tert-OH is 1. The Morgan fingerprint density at radius 3 is 2.44 bits per heavy atom. The zero-order chi connectivity index (χ0) is 11.8. The molecule has 1 aromatic carbocycles. The van der Waals surface area contributed by atoms with Gasteiger partial charge in [0.05, 0.1) is 6.61 Å². The normalized spacial score (nSPS) is 14.7. The van der Waals surface area contributed by atoms with Crippen LogP contribution in [0.5, 0.6) is 0 Å². The van der Waals surface area contributed by atoms with E-state index in [1.807, 2.05) is 18.2 Å². The molecule has 2 heteroatoms. The first-order valence-corrected chi connectivity index (χ1v) is 5.95. The minimum atomic E-state index is 0.267. The average molecular weight is 222 g/mol. The molecule has 1 aromatic rings. The Bertz CT molecular complexity index is 271. The maximum atomic E-state index is 8.95. The van der Waals surface area contributed by atoms with E-state index >= 15 is 0 Å². The van der Waals surface area contributed by atoms with Gasteiger partial charge < -0.3 is 9.84 Å². The number of ether oxygens (including phenoxy) is 1. The Kier molecular flexibility index (Phi) is 6.12. The van der Waals surface area contributed by atoms with Gasteiger partial charge in [-0.25, -0.2) is 0 Å². The molecule has 1 rings (SSSR count). The molecule has 0 fully saturated rings. The summed E-state index contributed by atoms with van der Waals surface area (Å²) in [4.78, 5) is 0. The standard InChI is InChI=1S/C14H22O2/c1-12(9-15)8-13(2)10-16-11-14-6-4-3-5-7-14/h3-7,12-13,15H,8-11H2,1-2H3/t12-,13+/m1/s1. The monoisotopic (exact) mass is 222 g/mol. The van der Waals surface area contributed by atoms with Crippen LogP contribution in [0, 0.1) is 11.8 Å². The zero-order valence-electron chi connectivity index (χ0n) is 10.2. The van der Waals surface area contributed by atoms with Crippen molar-refractivity contribution in [3.63, 3.8) is 0 Å². The predicted molar refractivity (Wildman–Crippen MR) is 66.1 cm³/mol. The topological polar surface area (TPSA) is 29.5 Å². The molecule has 90 valence electrons. The van der Waals surface area contributed by atoms with Gasteiger partial charge >= 0.3 is 0 Å². The van der Waals surface area contributed by atoms with Crippen molar-refractivity contribution in [1.82, 2.24) is 0 Å². The summed E-state index contributed by atoms with van der Waals surface area (Å²) in [7, 11) is 0. The van der Waals surface area contributed by atoms with Gasteiger partial charge in [-0.05, 0) is 23.8 Å². The van der Waals surface area contributed by atoms with Crippen molar-refractivity contribution in [1.29, 1.82) is 0 Å². The fourth-order valence-electron chi connectivity index (χ4n) is 1.78. The SMILES string of the molecule is C[C@H](COCc1ccccc1)C[C@@H](C)CO. The lowest BCUT2D eigenvalue weighted by Gasteiger charge is -2.15. The van der Waals surface area contributed by atoms with Crippen molar-refractivity contribution in [3.05, 3.63) is 35.9 Å². The summed E-state index contributed by atoms with van der Waals surface area (Å²) in [5, 5.41) is 8.95. The van der Waals surface area contributed by atoms with E-state index < -0.39 is 0 Å². The van der Waals surface area contributed by atoms with Gasteiger partial charge in [-0.1, -0.05) is 44.2 Å². The number of aliphatic hydroxyl groups is 1. The largest absolute Gasteiger partial charge is 0.396 e. The van der Waals surface area contributed by atoms with Crippen LogP contribution in [0.2, 0.25) is 0 Å². The van der Waals surface area contributed by atoms with Crippen LogP contribution in [0.4, 0.5) is 0 Å². The highest BCUT2D eigenvalue weighted by molar-refractivity contribution is 5.13. The maximum absolute atomic E-state index is 8.95. The van der Waals surface area contributed by atoms with E-state index in [-0.39, 0.29) is 6.61 Å². The highest BCUT2D eigenvalue weighted by atomic mass is 16.5. The Hall–Kier alpha value is -0.860. The third-order valence-corrected chi connectivity index (χ3v) is 2.63. The van der Waals surface area contributed by atoms with Gasteiger partial charge in [0.2, 0.25) is 0 Å². The molecule has 0 amide bonds. The van der Waals surface area contributed by atoms with E-state index in [1.165, 1.54) is 5.56 Å². The molecule has 2 atom stereocenters. The van der Waals surface area contributed by atoms with Crippen molar-refractivity contribution >= 4 is 0 Å². The van der Waals surface area contributed by atoms with E-state index in [4.69, 9.17) is 9.84 Å². The smallest absolute Gasteiger partial charge is 0.0717 e. The highest BCUT2D eigenvalue weighted by Crippen LogP contribution is 2.12. The molecule has 0 unspecified atom stereocenters. The van der Waals surface area contributed by atoms with Crippen molar-refractivity contribution < 1.29 is 9.84 Å². The minimum absolute atomic E-state index is 0.267. The summed E-state index contributed by atoms with van der Waals surface area (Å²) >= 11 is 0. The average Bonchev–Trinajstić information content (AvgIpc) is 2.30. The third kappa shape index (κ3) is 5.29. The molecule has 0 spiro atoms. The van der Waals surface area contributed by atoms with Gasteiger partial charge in [0.25, 0.3) is 0 Å². The zero-order valence-corrected chi connectivity index (χ0v) is 10.2. The summed E-state index contributed by atoms with van der Waals surface area (Å²) in [6.45, 7) is 5.94. The van der Waals surface area contributed by atoms with Gasteiger partial charge in [-0.2, -0.15) is 0 Å². The summed E-state index contributed by atoms with van der Waals surface area (Å²) in [6, 6.07) is 10.2. The lowest BCUT2D eigenvalue weighted by Crippen LogP contribution is -2.12. The van der Waals surface area contributed by atoms with Crippen LogP contribution in [-0.2, 0) is 11.3 Å². The van der Waals surface area contributed by atoms with Gasteiger partial charge in [0.15, 0.2) is 0 Å². The van der Waals surface area contributed by atoms with E-state index in [0.717, 1.165) is 13.0 Å². The minimum Gasteiger partial charge on any atom is -0.396 e. The van der Waals surface area contributed by atoms with Crippen LogP contribution >= 0.6 is 0 Å². The quantitative estimate of drug-likeness (QED) is 0.768. The molecule has 0 aromatic heterocycles. The van der Waals surface area contributed by atoms with Crippen LogP contribution < -0.4 is 0 Å². The molecular weight excluding hydrogens is 200 g/mol. The van der Waals surface area contributed by atoms with Gasteiger partial charge in [0.1, 0.15) is 0 Å². The van der Waals surface area contributed by atoms with Gasteiger partial charge in [0, 0.05) is 13.2 Å². The summed E-state index contributed by atoms with van der Waals surface area (Å²) in [5.41, 5.74) is 1.21. The van der Waals surface area contributed by atoms with Gasteiger partial charge in [-0.15, -0.1) is 0 Å². The van der Waals surface area contributed by atoms with Crippen molar-refractivity contribution in [2.75, 3.05) is 13.2 Å². The number of hydrogen-bond acceptors (Lipinski definition) is 2. The summed E-state index contributed by atoms with van der Waals surface area (Å²) < 4.78 is 5.65. The Labute approximate surface area is 98.3 Å². The fraction of sp³-hybridized carbons (Fsp3) is 0.571. The molecule has 0 saturated carbocycles. The maximum Gasteiger partial charge on any atom is 0.0717 e. The first kappa shape index (κ1) is 13.2. The molecule has 0 saturated heterocycles. The molecule has 0 aliphatic carbocycles. The lowest BCUT2D eigenvalue weighted by molar-refractivity contribution is 0.0801. The molecule has 16 heavy (non-hydrogen) atoms. The lowest BCUT2D eigenvalue weighted by atomic mass is 9.99. The second kappa shape index (κ2) is 7.42. The van der Waals surface area contributed by atoms with E-state index in [0.29, 0.717) is 18.4 Å². The number of rotatable bonds is 7. The fourth-order valence-corrected chi connectivity index (χ4v) is 1.78. The van der Waals surface area contributed by atoms with Crippen LogP contribution in [0.15, 0.2) is 30.3 Å². The third-order valence-electron chi connectivity index (χ3n) is 2.63. The molecular formula is C14H22O2. The molecule has 0 bridgehead atoms. The second-order valence-electron chi connectivity index (χ2n) is 4.63. The Balaban J connectivity index is 2.15. The van der Waals surface area contributed by atoms with E-state index in [2.05, 4.69) is 26.0 Å². The Morgan fingerprint density at radius 1 is 1.12 bits per heavy atom. The summed E-state index contributed by atoms with van der Waals surface area (Å²) in [5.74, 6) is 0.876. The molecule has 0 heterocycles. The van der Waals surface area contributed by atoms with Gasteiger partial charge in [-0.3, -0.25) is 0 Å². The van der Waals surface area contributed by atoms with Crippen molar-refractivity contribution in [2.24, 2.45) is 11.8 Å². The molecule has 0 radical (unpaired) electrons. The predicted octanol–water partition coefficient (Wildman–Crippen LogP) is 2.86. The molecule has 1 N–H and O–H groups in total. The number of hydrogen-bond donors (Lipinski definition) is 1. The second-order valence-corrected chi connectivity index (χ2v) is 4.63. The molecule has 0 aliphatic heterocycles. The highest BCUT2D eigenvalue weighted by Gasteiger charge is 2.07. The van der Waals surface area contributed by atoms with Crippen molar-refractivity contribution in [2.45, 2.75) is 26.9 Å². The van der Waals surface area contributed by atoms with Crippen LogP contribution in [0.3, 0.4) is 0 Å². The van der Waals surface area contributed by atoms with Crippen molar-refractivity contribution in [3.8, 4) is 0 Å². The molecule has 2 nitrogen and oxygen atoms in total. The Morgan fingerprint density at radius 2 is 1.81 bits per heavy atom. The molecule has 0 aliphatic rings.